The fourth-order valence-electron chi connectivity index (χ4n) is 4.81. The molecule has 3 amide bonds. The van der Waals surface area contributed by atoms with E-state index in [4.69, 9.17) is 10.1 Å². The summed E-state index contributed by atoms with van der Waals surface area (Å²) in [6.07, 6.45) is -0.674. The van der Waals surface area contributed by atoms with Crippen LogP contribution in [0, 0.1) is 6.92 Å². The maximum atomic E-state index is 13.7. The summed E-state index contributed by atoms with van der Waals surface area (Å²) in [6.45, 7) is 5.95. The average molecular weight is 495 g/mol. The van der Waals surface area contributed by atoms with Gasteiger partial charge >= 0.3 is 6.03 Å². The van der Waals surface area contributed by atoms with Gasteiger partial charge in [-0.05, 0) is 56.2 Å². The number of sulfonamides is 1. The first-order valence-corrected chi connectivity index (χ1v) is 12.7. The molecule has 0 aliphatic carbocycles. The second-order valence-electron chi connectivity index (χ2n) is 8.95. The van der Waals surface area contributed by atoms with Crippen LogP contribution in [0.15, 0.2) is 69.8 Å². The first-order chi connectivity index (χ1) is 16.5. The minimum absolute atomic E-state index is 0.00467. The van der Waals surface area contributed by atoms with Crippen LogP contribution in [-0.4, -0.2) is 60.3 Å². The summed E-state index contributed by atoms with van der Waals surface area (Å²) in [5.41, 5.74) is 4.26. The Morgan fingerprint density at radius 2 is 1.63 bits per heavy atom. The van der Waals surface area contributed by atoms with Crippen LogP contribution >= 0.6 is 0 Å². The van der Waals surface area contributed by atoms with Crippen LogP contribution < -0.4 is 10.0 Å². The Morgan fingerprint density at radius 3 is 2.26 bits per heavy atom. The van der Waals surface area contributed by atoms with Crippen molar-refractivity contribution in [2.45, 2.75) is 44.4 Å². The minimum atomic E-state index is -3.82. The molecule has 11 heteroatoms. The number of allylic oxidation sites excluding steroid dienone is 2. The van der Waals surface area contributed by atoms with Crippen molar-refractivity contribution in [3.05, 3.63) is 71.1 Å². The van der Waals surface area contributed by atoms with Gasteiger partial charge in [-0.15, -0.1) is 0 Å². The zero-order chi connectivity index (χ0) is 25.2. The number of aliphatic imine (C=N–C) groups is 1. The maximum Gasteiger partial charge on any atom is 0.328 e. The fourth-order valence-corrected chi connectivity index (χ4v) is 5.33. The third-order valence-electron chi connectivity index (χ3n) is 6.91. The first kappa shape index (κ1) is 23.1. The number of amides is 3. The van der Waals surface area contributed by atoms with Crippen LogP contribution in [-0.2, 0) is 21.4 Å². The van der Waals surface area contributed by atoms with Crippen LogP contribution in [0.4, 0.5) is 10.5 Å². The summed E-state index contributed by atoms with van der Waals surface area (Å²) in [4.78, 5) is 38.2. The number of rotatable bonds is 4. The Bertz CT molecular complexity index is 1420. The summed E-state index contributed by atoms with van der Waals surface area (Å²) < 4.78 is 23.3. The van der Waals surface area contributed by atoms with Gasteiger partial charge in [0.05, 0.1) is 11.4 Å². The van der Waals surface area contributed by atoms with Crippen molar-refractivity contribution in [3.8, 4) is 0 Å². The van der Waals surface area contributed by atoms with Crippen molar-refractivity contribution in [1.82, 2.24) is 14.7 Å². The maximum absolute atomic E-state index is 13.7. The van der Waals surface area contributed by atoms with E-state index in [1.54, 1.807) is 19.2 Å². The number of hydrogen-bond donors (Lipinski definition) is 1. The number of carbonyl (C=O) groups excluding carboxylic acids is 2. The van der Waals surface area contributed by atoms with Crippen LogP contribution in [0.5, 0.6) is 0 Å². The topological polar surface area (TPSA) is 120 Å². The molecule has 3 aliphatic heterocycles. The number of nitrogens with two attached hydrogens (primary N) is 1. The van der Waals surface area contributed by atoms with Crippen molar-refractivity contribution in [2.24, 2.45) is 10.1 Å². The number of nitrogens with zero attached hydrogens (tertiary/aromatic N) is 5. The Hall–Kier alpha value is -3.70. The van der Waals surface area contributed by atoms with Gasteiger partial charge < -0.3 is 4.90 Å². The van der Waals surface area contributed by atoms with Crippen molar-refractivity contribution < 1.29 is 18.0 Å². The van der Waals surface area contributed by atoms with E-state index in [2.05, 4.69) is 0 Å². The van der Waals surface area contributed by atoms with Gasteiger partial charge in [-0.2, -0.15) is 0 Å². The predicted molar refractivity (Wildman–Crippen MR) is 130 cm³/mol. The molecule has 1 saturated heterocycles. The normalized spacial score (nSPS) is 22.1. The summed E-state index contributed by atoms with van der Waals surface area (Å²) in [5, 5.41) is 5.23. The van der Waals surface area contributed by atoms with E-state index in [9.17, 15) is 18.0 Å². The molecule has 2 aromatic carbocycles. The lowest BCUT2D eigenvalue weighted by Gasteiger charge is -2.41. The standard InChI is InChI=1S/C24H26N6O4S/c1-14-7-5-6-8-17(14)13-28-22(31)20-21(27(4)24(28)32)26-23-29(15(2)16(3)30(20)23)18-9-11-19(12-10-18)35(25,33)34/h5-12,20-21H,13H2,1-4H3,(H2,25,33,34). The van der Waals surface area contributed by atoms with Crippen LogP contribution in [0.2, 0.25) is 0 Å². The molecule has 2 atom stereocenters. The molecule has 0 aromatic heterocycles. The highest BCUT2D eigenvalue weighted by molar-refractivity contribution is 7.89. The van der Waals surface area contributed by atoms with Gasteiger partial charge in [0.2, 0.25) is 16.0 Å². The third-order valence-corrected chi connectivity index (χ3v) is 7.84. The van der Waals surface area contributed by atoms with E-state index >= 15 is 0 Å². The minimum Gasteiger partial charge on any atom is -0.302 e. The molecule has 0 saturated carbocycles. The van der Waals surface area contributed by atoms with Gasteiger partial charge in [-0.25, -0.2) is 23.3 Å². The Morgan fingerprint density at radius 1 is 0.971 bits per heavy atom. The molecule has 2 unspecified atom stereocenters. The highest BCUT2D eigenvalue weighted by Crippen LogP contribution is 2.40. The molecule has 10 nitrogen and oxygen atoms in total. The number of primary sulfonamides is 1. The first-order valence-electron chi connectivity index (χ1n) is 11.1. The van der Waals surface area contributed by atoms with Gasteiger partial charge in [-0.1, -0.05) is 24.3 Å². The van der Waals surface area contributed by atoms with E-state index in [1.807, 2.05) is 54.8 Å². The molecule has 35 heavy (non-hydrogen) atoms. The lowest BCUT2D eigenvalue weighted by Crippen LogP contribution is -2.64. The molecule has 2 N–H and O–H groups in total. The fraction of sp³-hybridized carbons (Fsp3) is 0.292. The highest BCUT2D eigenvalue weighted by atomic mass is 32.2. The van der Waals surface area contributed by atoms with E-state index < -0.39 is 28.3 Å². The van der Waals surface area contributed by atoms with Gasteiger partial charge in [0.15, 0.2) is 12.2 Å². The van der Waals surface area contributed by atoms with Crippen LogP contribution in [0.1, 0.15) is 25.0 Å². The summed E-state index contributed by atoms with van der Waals surface area (Å²) in [7, 11) is -2.17. The zero-order valence-electron chi connectivity index (χ0n) is 19.8. The number of guanidine groups is 1. The number of benzene rings is 2. The third kappa shape index (κ3) is 3.50. The smallest absolute Gasteiger partial charge is 0.302 e. The molecule has 0 radical (unpaired) electrons. The SMILES string of the molecule is CC1=C(C)N2C(=NC3C2C(=O)N(Cc2ccccc2C)C(=O)N3C)N1c1ccc(S(N)(=O)=O)cc1. The molecule has 3 aliphatic rings. The highest BCUT2D eigenvalue weighted by Gasteiger charge is 2.55. The molecule has 5 rings (SSSR count). The molecular formula is C24H26N6O4S. The number of hydrogen-bond acceptors (Lipinski definition) is 7. The number of carbonyl (C=O) groups is 2. The Labute approximate surface area is 204 Å². The lowest BCUT2D eigenvalue weighted by molar-refractivity contribution is -0.137. The molecule has 2 aromatic rings. The lowest BCUT2D eigenvalue weighted by atomic mass is 10.1. The van der Waals surface area contributed by atoms with Crippen molar-refractivity contribution in [1.29, 1.82) is 0 Å². The van der Waals surface area contributed by atoms with Gasteiger partial charge in [0, 0.05) is 24.1 Å². The van der Waals surface area contributed by atoms with E-state index in [1.165, 1.54) is 21.9 Å². The summed E-state index contributed by atoms with van der Waals surface area (Å²) in [5.74, 6) is 0.211. The summed E-state index contributed by atoms with van der Waals surface area (Å²) >= 11 is 0. The monoisotopic (exact) mass is 494 g/mol. The van der Waals surface area contributed by atoms with Crippen LogP contribution in [0.25, 0.3) is 0 Å². The number of urea groups is 1. The van der Waals surface area contributed by atoms with Crippen LogP contribution in [0.3, 0.4) is 0 Å². The zero-order valence-corrected chi connectivity index (χ0v) is 20.7. The second kappa shape index (κ2) is 7.92. The second-order valence-corrected chi connectivity index (χ2v) is 10.5. The molecular weight excluding hydrogens is 468 g/mol. The van der Waals surface area contributed by atoms with E-state index in [-0.39, 0.29) is 17.3 Å². The van der Waals surface area contributed by atoms with Crippen molar-refractivity contribution >= 4 is 33.6 Å². The largest absolute Gasteiger partial charge is 0.328 e. The average Bonchev–Trinajstić information content (AvgIpc) is 3.31. The summed E-state index contributed by atoms with van der Waals surface area (Å²) in [6, 6.07) is 12.7. The van der Waals surface area contributed by atoms with Crippen molar-refractivity contribution in [3.63, 3.8) is 0 Å². The number of fused-ring (bicyclic) bond motifs is 3. The van der Waals surface area contributed by atoms with Gasteiger partial charge in [-0.3, -0.25) is 19.5 Å². The Balaban J connectivity index is 1.50. The molecule has 1 fully saturated rings. The number of imide groups is 1. The quantitative estimate of drug-likeness (QED) is 0.696. The number of aryl methyl sites for hydroxylation is 1. The molecule has 0 bridgehead atoms. The van der Waals surface area contributed by atoms with Gasteiger partial charge in [0.25, 0.3) is 5.91 Å². The molecule has 182 valence electrons. The van der Waals surface area contributed by atoms with Crippen molar-refractivity contribution in [2.75, 3.05) is 11.9 Å². The number of anilines is 1. The molecule has 3 heterocycles. The van der Waals surface area contributed by atoms with Gasteiger partial charge in [0.1, 0.15) is 0 Å². The predicted octanol–water partition coefficient (Wildman–Crippen LogP) is 2.17. The van der Waals surface area contributed by atoms with E-state index in [0.29, 0.717) is 11.6 Å². The Kier molecular flexibility index (Phi) is 5.22. The number of likely N-dealkylation sites (N-methyl/N-ethyl adjacent to an activating group) is 1. The molecule has 0 spiro atoms. The van der Waals surface area contributed by atoms with E-state index in [0.717, 1.165) is 22.5 Å².